The molecule has 1 atom stereocenters. The van der Waals surface area contributed by atoms with Gasteiger partial charge in [0, 0.05) is 23.0 Å². The van der Waals surface area contributed by atoms with Crippen molar-refractivity contribution < 1.29 is 9.13 Å². The molecule has 1 saturated carbocycles. The van der Waals surface area contributed by atoms with Crippen LogP contribution >= 0.6 is 11.6 Å². The van der Waals surface area contributed by atoms with E-state index >= 15 is 0 Å². The number of benzene rings is 2. The number of nitrogens with two attached hydrogens (primary N) is 1. The first-order valence-electron chi connectivity index (χ1n) is 10.8. The van der Waals surface area contributed by atoms with Crippen molar-refractivity contribution in [3.05, 3.63) is 74.9 Å². The normalized spacial score (nSPS) is 22.4. The first kappa shape index (κ1) is 21.8. The molecule has 164 valence electrons. The minimum atomic E-state index is -0.219. The second-order valence-electron chi connectivity index (χ2n) is 8.62. The number of hydrogen-bond donors (Lipinski definition) is 2. The number of pyridine rings is 1. The Labute approximate surface area is 186 Å². The van der Waals surface area contributed by atoms with Crippen LogP contribution in [0.15, 0.2) is 47.4 Å². The zero-order valence-electron chi connectivity index (χ0n) is 17.9. The van der Waals surface area contributed by atoms with Crippen molar-refractivity contribution in [2.24, 2.45) is 5.73 Å². The van der Waals surface area contributed by atoms with Gasteiger partial charge in [-0.05, 0) is 85.9 Å². The molecule has 4 rings (SSSR count). The highest BCUT2D eigenvalue weighted by molar-refractivity contribution is 6.32. The highest BCUT2D eigenvalue weighted by Gasteiger charge is 2.42. The quantitative estimate of drug-likeness (QED) is 0.538. The molecule has 1 fully saturated rings. The number of ether oxygens (including phenoxy) is 1. The van der Waals surface area contributed by atoms with Gasteiger partial charge in [0.05, 0.1) is 11.1 Å². The Morgan fingerprint density at radius 1 is 1.26 bits per heavy atom. The van der Waals surface area contributed by atoms with E-state index in [1.807, 2.05) is 25.1 Å². The molecule has 3 N–H and O–H groups in total. The number of aromatic nitrogens is 1. The number of nitrogens with one attached hydrogen (secondary N) is 1. The van der Waals surface area contributed by atoms with Gasteiger partial charge < -0.3 is 15.5 Å². The summed E-state index contributed by atoms with van der Waals surface area (Å²) >= 11 is 6.42. The highest BCUT2D eigenvalue weighted by atomic mass is 35.5. The van der Waals surface area contributed by atoms with Gasteiger partial charge in [-0.1, -0.05) is 24.6 Å². The Balaban J connectivity index is 1.57. The van der Waals surface area contributed by atoms with E-state index in [2.05, 4.69) is 11.9 Å². The lowest BCUT2D eigenvalue weighted by Crippen LogP contribution is -2.49. The zero-order chi connectivity index (χ0) is 22.2. The third kappa shape index (κ3) is 4.09. The summed E-state index contributed by atoms with van der Waals surface area (Å²) in [6, 6.07) is 10.4. The molecular formula is C25H28ClFN2O2. The first-order valence-corrected chi connectivity index (χ1v) is 11.2. The molecule has 0 saturated heterocycles. The van der Waals surface area contributed by atoms with Crippen LogP contribution in [-0.2, 0) is 5.41 Å². The van der Waals surface area contributed by atoms with Crippen molar-refractivity contribution in [2.45, 2.75) is 63.5 Å². The van der Waals surface area contributed by atoms with Gasteiger partial charge in [0.15, 0.2) is 0 Å². The predicted octanol–water partition coefficient (Wildman–Crippen LogP) is 5.63. The van der Waals surface area contributed by atoms with Crippen LogP contribution in [0.1, 0.15) is 50.2 Å². The Hall–Kier alpha value is -2.37. The third-order valence-electron chi connectivity index (χ3n) is 6.82. The topological polar surface area (TPSA) is 68.1 Å². The minimum absolute atomic E-state index is 0.00593. The summed E-state index contributed by atoms with van der Waals surface area (Å²) in [6.45, 7) is 4.06. The fourth-order valence-corrected chi connectivity index (χ4v) is 5.31. The maximum absolute atomic E-state index is 13.7. The zero-order valence-corrected chi connectivity index (χ0v) is 18.6. The summed E-state index contributed by atoms with van der Waals surface area (Å²) in [5, 5.41) is 1.77. The van der Waals surface area contributed by atoms with E-state index in [-0.39, 0.29) is 28.9 Å². The molecule has 4 nitrogen and oxygen atoms in total. The lowest BCUT2D eigenvalue weighted by atomic mass is 9.63. The SMILES string of the molecule is CC[C@H](N)C1(c2ccc(F)cc2C)CCC(Oc2cc3cc[nH]c(=O)c3cc2Cl)CC1. The Morgan fingerprint density at radius 3 is 2.68 bits per heavy atom. The number of halogens is 2. The van der Waals surface area contributed by atoms with Crippen LogP contribution in [0.4, 0.5) is 4.39 Å². The highest BCUT2D eigenvalue weighted by Crippen LogP contribution is 2.45. The van der Waals surface area contributed by atoms with E-state index in [0.29, 0.717) is 16.2 Å². The van der Waals surface area contributed by atoms with Gasteiger partial charge in [0.1, 0.15) is 11.6 Å². The summed E-state index contributed by atoms with van der Waals surface area (Å²) < 4.78 is 20.0. The van der Waals surface area contributed by atoms with Crippen molar-refractivity contribution >= 4 is 22.4 Å². The lowest BCUT2D eigenvalue weighted by Gasteiger charge is -2.45. The Kier molecular flexibility index (Phi) is 6.09. The molecule has 1 aromatic heterocycles. The predicted molar refractivity (Wildman–Crippen MR) is 124 cm³/mol. The van der Waals surface area contributed by atoms with Crippen LogP contribution in [0.3, 0.4) is 0 Å². The number of H-pyrrole nitrogens is 1. The summed E-state index contributed by atoms with van der Waals surface area (Å²) in [4.78, 5) is 14.6. The first-order chi connectivity index (χ1) is 14.8. The third-order valence-corrected chi connectivity index (χ3v) is 7.11. The van der Waals surface area contributed by atoms with E-state index in [1.54, 1.807) is 18.3 Å². The number of aryl methyl sites for hydroxylation is 1. The van der Waals surface area contributed by atoms with Gasteiger partial charge in [-0.15, -0.1) is 0 Å². The average Bonchev–Trinajstić information content (AvgIpc) is 2.75. The Bertz CT molecular complexity index is 1150. The second-order valence-corrected chi connectivity index (χ2v) is 9.03. The fourth-order valence-electron chi connectivity index (χ4n) is 5.10. The van der Waals surface area contributed by atoms with Crippen LogP contribution < -0.4 is 16.0 Å². The summed E-state index contributed by atoms with van der Waals surface area (Å²) in [7, 11) is 0. The lowest BCUT2D eigenvalue weighted by molar-refractivity contribution is 0.103. The molecule has 1 aliphatic carbocycles. The van der Waals surface area contributed by atoms with Gasteiger partial charge in [-0.2, -0.15) is 0 Å². The molecule has 1 heterocycles. The Morgan fingerprint density at radius 2 is 2.00 bits per heavy atom. The molecular weight excluding hydrogens is 415 g/mol. The average molecular weight is 443 g/mol. The van der Waals surface area contributed by atoms with Crippen LogP contribution in [0.25, 0.3) is 10.8 Å². The molecule has 0 aliphatic heterocycles. The molecule has 0 spiro atoms. The van der Waals surface area contributed by atoms with Gasteiger partial charge in [0.2, 0.25) is 0 Å². The molecule has 3 aromatic rings. The van der Waals surface area contributed by atoms with Gasteiger partial charge in [0.25, 0.3) is 5.56 Å². The van der Waals surface area contributed by atoms with E-state index < -0.39 is 0 Å². The van der Waals surface area contributed by atoms with Crippen LogP contribution in [0.2, 0.25) is 5.02 Å². The molecule has 2 aromatic carbocycles. The largest absolute Gasteiger partial charge is 0.489 e. The molecule has 6 heteroatoms. The van der Waals surface area contributed by atoms with E-state index in [0.717, 1.165) is 48.6 Å². The smallest absolute Gasteiger partial charge is 0.255 e. The van der Waals surface area contributed by atoms with E-state index in [4.69, 9.17) is 22.1 Å². The van der Waals surface area contributed by atoms with Gasteiger partial charge in [-0.3, -0.25) is 4.79 Å². The number of fused-ring (bicyclic) bond motifs is 1. The molecule has 31 heavy (non-hydrogen) atoms. The van der Waals surface area contributed by atoms with Crippen molar-refractivity contribution in [3.8, 4) is 5.75 Å². The van der Waals surface area contributed by atoms with Gasteiger partial charge in [-0.25, -0.2) is 4.39 Å². The maximum atomic E-state index is 13.7. The van der Waals surface area contributed by atoms with E-state index in [9.17, 15) is 9.18 Å². The molecule has 0 radical (unpaired) electrons. The monoisotopic (exact) mass is 442 g/mol. The van der Waals surface area contributed by atoms with E-state index in [1.165, 1.54) is 6.07 Å². The maximum Gasteiger partial charge on any atom is 0.255 e. The van der Waals surface area contributed by atoms with Crippen molar-refractivity contribution in [1.29, 1.82) is 0 Å². The van der Waals surface area contributed by atoms with Gasteiger partial charge >= 0.3 is 0 Å². The molecule has 0 bridgehead atoms. The van der Waals surface area contributed by atoms with Crippen molar-refractivity contribution in [1.82, 2.24) is 4.98 Å². The molecule has 0 unspecified atom stereocenters. The number of hydrogen-bond acceptors (Lipinski definition) is 3. The number of rotatable bonds is 5. The van der Waals surface area contributed by atoms with Crippen molar-refractivity contribution in [2.75, 3.05) is 0 Å². The second kappa shape index (κ2) is 8.64. The van der Waals surface area contributed by atoms with Crippen molar-refractivity contribution in [3.63, 3.8) is 0 Å². The van der Waals surface area contributed by atoms with Crippen LogP contribution in [0, 0.1) is 12.7 Å². The fraction of sp³-hybridized carbons (Fsp3) is 0.400. The standard InChI is InChI=1S/C25H28ClFN2O2/c1-3-23(28)25(20-5-4-17(27)12-15(20)2)9-6-18(7-10-25)31-22-13-16-8-11-29-24(30)19(16)14-21(22)26/h4-5,8,11-14,18,23H,3,6-7,9-10,28H2,1-2H3,(H,29,30)/t18?,23-,25?/m0/s1. The minimum Gasteiger partial charge on any atom is -0.489 e. The molecule has 0 amide bonds. The van der Waals surface area contributed by atoms with Crippen LogP contribution in [-0.4, -0.2) is 17.1 Å². The summed E-state index contributed by atoms with van der Waals surface area (Å²) in [5.41, 5.74) is 8.37. The molecule has 1 aliphatic rings. The summed E-state index contributed by atoms with van der Waals surface area (Å²) in [5.74, 6) is 0.373. The summed E-state index contributed by atoms with van der Waals surface area (Å²) in [6.07, 6.45) is 5.87. The van der Waals surface area contributed by atoms with Crippen LogP contribution in [0.5, 0.6) is 5.75 Å². The number of aromatic amines is 1.